The largest absolute Gasteiger partial charge is 0.387 e. The number of aryl methyl sites for hydroxylation is 2. The van der Waals surface area contributed by atoms with E-state index in [0.29, 0.717) is 6.04 Å². The Balaban J connectivity index is 1.70. The number of fused-ring (bicyclic) bond motifs is 1. The van der Waals surface area contributed by atoms with E-state index in [-0.39, 0.29) is 12.1 Å². The molecule has 20 heavy (non-hydrogen) atoms. The molecule has 1 aromatic rings. The van der Waals surface area contributed by atoms with Crippen molar-refractivity contribution in [3.63, 3.8) is 0 Å². The smallest absolute Gasteiger partial charge is 0.0943 e. The van der Waals surface area contributed by atoms with E-state index in [1.807, 2.05) is 0 Å². The van der Waals surface area contributed by atoms with E-state index in [2.05, 4.69) is 30.4 Å². The van der Waals surface area contributed by atoms with Gasteiger partial charge in [0.25, 0.3) is 0 Å². The van der Waals surface area contributed by atoms with Gasteiger partial charge < -0.3 is 10.4 Å². The van der Waals surface area contributed by atoms with Gasteiger partial charge in [0.15, 0.2) is 0 Å². The summed E-state index contributed by atoms with van der Waals surface area (Å²) in [6.45, 7) is 2.17. The van der Waals surface area contributed by atoms with Gasteiger partial charge in [-0.05, 0) is 55.2 Å². The summed E-state index contributed by atoms with van der Waals surface area (Å²) in [5.74, 6) is 0. The molecule has 2 heteroatoms. The molecular formula is C18H27NO. The molecule has 2 atom stereocenters. The standard InChI is InChI=1S/C18H27NO/c1-2-17(19-16-8-3-4-9-16)18(20)15-11-10-13-6-5-7-14(13)12-15/h10-12,16-20H,2-9H2,1H3. The van der Waals surface area contributed by atoms with Crippen LogP contribution in [0, 0.1) is 0 Å². The fraction of sp³-hybridized carbons (Fsp3) is 0.667. The molecule has 0 radical (unpaired) electrons. The fourth-order valence-corrected chi connectivity index (χ4v) is 3.84. The SMILES string of the molecule is CCC(NC1CCCC1)C(O)c1ccc2c(c1)CCC2. The monoisotopic (exact) mass is 273 g/mol. The van der Waals surface area contributed by atoms with Crippen LogP contribution in [0.4, 0.5) is 0 Å². The van der Waals surface area contributed by atoms with E-state index in [0.717, 1.165) is 12.0 Å². The molecule has 1 saturated carbocycles. The van der Waals surface area contributed by atoms with Gasteiger partial charge in [-0.1, -0.05) is 38.0 Å². The summed E-state index contributed by atoms with van der Waals surface area (Å²) < 4.78 is 0. The molecule has 0 aliphatic heterocycles. The molecule has 0 aromatic heterocycles. The van der Waals surface area contributed by atoms with Crippen LogP contribution in [0.15, 0.2) is 18.2 Å². The van der Waals surface area contributed by atoms with Gasteiger partial charge >= 0.3 is 0 Å². The number of aliphatic hydroxyl groups excluding tert-OH is 1. The van der Waals surface area contributed by atoms with E-state index in [1.165, 1.54) is 56.1 Å². The Morgan fingerprint density at radius 2 is 1.90 bits per heavy atom. The lowest BCUT2D eigenvalue weighted by Crippen LogP contribution is -2.40. The lowest BCUT2D eigenvalue weighted by atomic mass is 9.96. The van der Waals surface area contributed by atoms with Crippen LogP contribution in [0.3, 0.4) is 0 Å². The van der Waals surface area contributed by atoms with Crippen molar-refractivity contribution in [1.29, 1.82) is 0 Å². The van der Waals surface area contributed by atoms with Crippen molar-refractivity contribution in [3.05, 3.63) is 34.9 Å². The average Bonchev–Trinajstić information content (AvgIpc) is 3.14. The van der Waals surface area contributed by atoms with Crippen LogP contribution in [0.1, 0.15) is 68.2 Å². The predicted molar refractivity (Wildman–Crippen MR) is 82.9 cm³/mol. The van der Waals surface area contributed by atoms with E-state index in [1.54, 1.807) is 0 Å². The van der Waals surface area contributed by atoms with Gasteiger partial charge in [0.05, 0.1) is 6.10 Å². The zero-order chi connectivity index (χ0) is 13.9. The van der Waals surface area contributed by atoms with Gasteiger partial charge in [0, 0.05) is 12.1 Å². The fourth-order valence-electron chi connectivity index (χ4n) is 3.84. The van der Waals surface area contributed by atoms with Crippen LogP contribution >= 0.6 is 0 Å². The molecule has 0 bridgehead atoms. The van der Waals surface area contributed by atoms with Crippen LogP contribution in [-0.4, -0.2) is 17.2 Å². The Labute approximate surface area is 122 Å². The van der Waals surface area contributed by atoms with E-state index >= 15 is 0 Å². The van der Waals surface area contributed by atoms with Gasteiger partial charge in [-0.3, -0.25) is 0 Å². The highest BCUT2D eigenvalue weighted by Crippen LogP contribution is 2.28. The number of nitrogens with one attached hydrogen (secondary N) is 1. The normalized spacial score (nSPS) is 21.9. The van der Waals surface area contributed by atoms with Crippen LogP contribution < -0.4 is 5.32 Å². The van der Waals surface area contributed by atoms with Crippen molar-refractivity contribution < 1.29 is 5.11 Å². The van der Waals surface area contributed by atoms with Crippen LogP contribution in [-0.2, 0) is 12.8 Å². The second kappa shape index (κ2) is 6.28. The Hall–Kier alpha value is -0.860. The maximum atomic E-state index is 10.7. The molecule has 0 spiro atoms. The minimum atomic E-state index is -0.369. The van der Waals surface area contributed by atoms with Gasteiger partial charge in [-0.2, -0.15) is 0 Å². The zero-order valence-electron chi connectivity index (χ0n) is 12.6. The Kier molecular flexibility index (Phi) is 4.42. The Morgan fingerprint density at radius 3 is 2.65 bits per heavy atom. The molecule has 1 fully saturated rings. The number of benzene rings is 1. The topological polar surface area (TPSA) is 32.3 Å². The van der Waals surface area contributed by atoms with Crippen molar-refractivity contribution in [2.24, 2.45) is 0 Å². The van der Waals surface area contributed by atoms with Gasteiger partial charge in [0.2, 0.25) is 0 Å². The van der Waals surface area contributed by atoms with E-state index in [9.17, 15) is 5.11 Å². The summed E-state index contributed by atoms with van der Waals surface area (Å²) in [6.07, 6.45) is 9.49. The number of rotatable bonds is 5. The third-order valence-electron chi connectivity index (χ3n) is 5.09. The molecule has 2 nitrogen and oxygen atoms in total. The summed E-state index contributed by atoms with van der Waals surface area (Å²) in [7, 11) is 0. The summed E-state index contributed by atoms with van der Waals surface area (Å²) >= 11 is 0. The first-order valence-corrected chi connectivity index (χ1v) is 8.33. The third-order valence-corrected chi connectivity index (χ3v) is 5.09. The maximum Gasteiger partial charge on any atom is 0.0943 e. The second-order valence-corrected chi connectivity index (χ2v) is 6.49. The molecular weight excluding hydrogens is 246 g/mol. The predicted octanol–water partition coefficient (Wildman–Crippen LogP) is 3.52. The summed E-state index contributed by atoms with van der Waals surface area (Å²) in [6, 6.07) is 7.41. The number of hydrogen-bond donors (Lipinski definition) is 2. The highest BCUT2D eigenvalue weighted by atomic mass is 16.3. The average molecular weight is 273 g/mol. The van der Waals surface area contributed by atoms with Crippen LogP contribution in [0.5, 0.6) is 0 Å². The molecule has 3 rings (SSSR count). The van der Waals surface area contributed by atoms with E-state index < -0.39 is 0 Å². The second-order valence-electron chi connectivity index (χ2n) is 6.49. The van der Waals surface area contributed by atoms with Gasteiger partial charge in [-0.15, -0.1) is 0 Å². The van der Waals surface area contributed by atoms with Gasteiger partial charge in [0.1, 0.15) is 0 Å². The van der Waals surface area contributed by atoms with E-state index in [4.69, 9.17) is 0 Å². The quantitative estimate of drug-likeness (QED) is 0.860. The summed E-state index contributed by atoms with van der Waals surface area (Å²) in [4.78, 5) is 0. The number of hydrogen-bond acceptors (Lipinski definition) is 2. The van der Waals surface area contributed by atoms with Crippen molar-refractivity contribution in [2.45, 2.75) is 76.5 Å². The molecule has 110 valence electrons. The first kappa shape index (κ1) is 14.1. The molecule has 0 amide bonds. The maximum absolute atomic E-state index is 10.7. The van der Waals surface area contributed by atoms with Crippen molar-refractivity contribution >= 4 is 0 Å². The van der Waals surface area contributed by atoms with Crippen LogP contribution in [0.25, 0.3) is 0 Å². The highest BCUT2D eigenvalue weighted by molar-refractivity contribution is 5.36. The first-order chi connectivity index (χ1) is 9.78. The van der Waals surface area contributed by atoms with Crippen molar-refractivity contribution in [2.75, 3.05) is 0 Å². The lowest BCUT2D eigenvalue weighted by molar-refractivity contribution is 0.119. The Bertz CT molecular complexity index is 451. The molecule has 0 heterocycles. The minimum absolute atomic E-state index is 0.192. The first-order valence-electron chi connectivity index (χ1n) is 8.33. The molecule has 2 unspecified atom stereocenters. The summed E-state index contributed by atoms with van der Waals surface area (Å²) in [5.41, 5.74) is 4.04. The van der Waals surface area contributed by atoms with Crippen molar-refractivity contribution in [3.8, 4) is 0 Å². The zero-order valence-corrected chi connectivity index (χ0v) is 12.6. The third kappa shape index (κ3) is 2.91. The van der Waals surface area contributed by atoms with Gasteiger partial charge in [-0.25, -0.2) is 0 Å². The molecule has 0 saturated heterocycles. The lowest BCUT2D eigenvalue weighted by Gasteiger charge is -2.27. The highest BCUT2D eigenvalue weighted by Gasteiger charge is 2.25. The molecule has 1 aromatic carbocycles. The summed E-state index contributed by atoms with van der Waals surface area (Å²) in [5, 5.41) is 14.4. The molecule has 2 aliphatic rings. The number of aliphatic hydroxyl groups is 1. The molecule has 2 N–H and O–H groups in total. The van der Waals surface area contributed by atoms with Crippen LogP contribution in [0.2, 0.25) is 0 Å². The van der Waals surface area contributed by atoms with Crippen molar-refractivity contribution in [1.82, 2.24) is 5.32 Å². The molecule has 2 aliphatic carbocycles. The minimum Gasteiger partial charge on any atom is -0.387 e. The Morgan fingerprint density at radius 1 is 1.15 bits per heavy atom.